The minimum absolute atomic E-state index is 0.874. The van der Waals surface area contributed by atoms with Crippen molar-refractivity contribution >= 4 is 5.76 Å². The van der Waals surface area contributed by atoms with Crippen molar-refractivity contribution in [2.75, 3.05) is 14.2 Å². The van der Waals surface area contributed by atoms with Crippen molar-refractivity contribution in [1.82, 2.24) is 0 Å². The monoisotopic (exact) mass is 402 g/mol. The minimum atomic E-state index is 0.874. The number of hydrogen-bond acceptors (Lipinski definition) is 2. The van der Waals surface area contributed by atoms with Gasteiger partial charge in [0, 0.05) is 12.0 Å². The molecule has 0 aromatic heterocycles. The lowest BCUT2D eigenvalue weighted by Gasteiger charge is -2.13. The molecule has 0 heterocycles. The highest BCUT2D eigenvalue weighted by Crippen LogP contribution is 2.24. The highest BCUT2D eigenvalue weighted by Gasteiger charge is 2.10. The minimum Gasteiger partial charge on any atom is -0.497 e. The second-order valence-electron chi connectivity index (χ2n) is 8.23. The van der Waals surface area contributed by atoms with Gasteiger partial charge in [0.1, 0.15) is 5.76 Å². The van der Waals surface area contributed by atoms with Crippen LogP contribution in [-0.4, -0.2) is 14.2 Å². The number of rotatable bonds is 19. The van der Waals surface area contributed by atoms with E-state index in [1.165, 1.54) is 96.3 Å². The van der Waals surface area contributed by atoms with Crippen LogP contribution >= 0.6 is 0 Å². The van der Waals surface area contributed by atoms with Gasteiger partial charge in [-0.15, -0.1) is 0 Å². The Hall–Kier alpha value is -1.44. The fourth-order valence-electron chi connectivity index (χ4n) is 3.95. The zero-order valence-corrected chi connectivity index (χ0v) is 19.5. The average Bonchev–Trinajstić information content (AvgIpc) is 2.76. The molecule has 1 aromatic carbocycles. The van der Waals surface area contributed by atoms with Gasteiger partial charge >= 0.3 is 0 Å². The van der Waals surface area contributed by atoms with Crippen LogP contribution in [0.25, 0.3) is 5.76 Å². The molecule has 2 nitrogen and oxygen atoms in total. The summed E-state index contributed by atoms with van der Waals surface area (Å²) in [5, 5.41) is 0. The predicted octanol–water partition coefficient (Wildman–Crippen LogP) is 8.91. The molecule has 29 heavy (non-hydrogen) atoms. The number of hydrogen-bond donors (Lipinski definition) is 0. The standard InChI is InChI=1S/C27H46O2/c1-4-5-6-7-8-9-10-11-12-13-14-15-16-17-21-24-26(28-2)27(29-3)25-22-19-18-20-23-25/h18-20,22-23H,4-17,21,24H2,1-3H3/b27-26+. The lowest BCUT2D eigenvalue weighted by Crippen LogP contribution is -1.97. The third kappa shape index (κ3) is 12.7. The van der Waals surface area contributed by atoms with Crippen LogP contribution in [0.15, 0.2) is 36.1 Å². The molecule has 1 rings (SSSR count). The zero-order valence-electron chi connectivity index (χ0n) is 19.5. The number of methoxy groups -OCH3 is 2. The Labute approximate surface area is 181 Å². The van der Waals surface area contributed by atoms with Crippen LogP contribution in [0.4, 0.5) is 0 Å². The quantitative estimate of drug-likeness (QED) is 0.170. The van der Waals surface area contributed by atoms with Crippen LogP contribution in [0, 0.1) is 0 Å². The van der Waals surface area contributed by atoms with Crippen molar-refractivity contribution in [1.29, 1.82) is 0 Å². The summed E-state index contributed by atoms with van der Waals surface area (Å²) < 4.78 is 11.3. The van der Waals surface area contributed by atoms with Crippen LogP contribution in [0.1, 0.15) is 115 Å². The molecule has 0 spiro atoms. The summed E-state index contributed by atoms with van der Waals surface area (Å²) in [6, 6.07) is 10.2. The molecule has 1 aromatic rings. The van der Waals surface area contributed by atoms with Crippen molar-refractivity contribution in [3.8, 4) is 0 Å². The van der Waals surface area contributed by atoms with E-state index in [-0.39, 0.29) is 0 Å². The van der Waals surface area contributed by atoms with Gasteiger partial charge in [0.25, 0.3) is 0 Å². The van der Waals surface area contributed by atoms with E-state index < -0.39 is 0 Å². The number of unbranched alkanes of at least 4 members (excludes halogenated alkanes) is 14. The maximum absolute atomic E-state index is 5.63. The fraction of sp³-hybridized carbons (Fsp3) is 0.704. The maximum atomic E-state index is 5.63. The molecular formula is C27H46O2. The molecule has 0 bridgehead atoms. The summed E-state index contributed by atoms with van der Waals surface area (Å²) in [6.07, 6.45) is 21.8. The van der Waals surface area contributed by atoms with E-state index in [9.17, 15) is 0 Å². The van der Waals surface area contributed by atoms with Gasteiger partial charge in [-0.2, -0.15) is 0 Å². The second-order valence-corrected chi connectivity index (χ2v) is 8.23. The van der Waals surface area contributed by atoms with E-state index >= 15 is 0 Å². The van der Waals surface area contributed by atoms with E-state index in [0.717, 1.165) is 23.5 Å². The lowest BCUT2D eigenvalue weighted by atomic mass is 10.0. The maximum Gasteiger partial charge on any atom is 0.163 e. The van der Waals surface area contributed by atoms with Crippen LogP contribution in [-0.2, 0) is 9.47 Å². The third-order valence-electron chi connectivity index (χ3n) is 5.75. The van der Waals surface area contributed by atoms with Gasteiger partial charge in [-0.3, -0.25) is 0 Å². The largest absolute Gasteiger partial charge is 0.497 e. The van der Waals surface area contributed by atoms with Crippen molar-refractivity contribution in [3.63, 3.8) is 0 Å². The molecule has 166 valence electrons. The molecule has 0 N–H and O–H groups in total. The summed E-state index contributed by atoms with van der Waals surface area (Å²) in [4.78, 5) is 0. The molecule has 2 heteroatoms. The smallest absolute Gasteiger partial charge is 0.163 e. The molecule has 0 fully saturated rings. The van der Waals surface area contributed by atoms with Crippen molar-refractivity contribution in [2.45, 2.75) is 110 Å². The van der Waals surface area contributed by atoms with Crippen LogP contribution in [0.3, 0.4) is 0 Å². The first kappa shape index (κ1) is 25.6. The number of benzene rings is 1. The first-order chi connectivity index (χ1) is 14.3. The van der Waals surface area contributed by atoms with Gasteiger partial charge in [0.2, 0.25) is 0 Å². The Morgan fingerprint density at radius 3 is 1.45 bits per heavy atom. The van der Waals surface area contributed by atoms with E-state index in [1.807, 2.05) is 18.2 Å². The van der Waals surface area contributed by atoms with Crippen LogP contribution in [0.2, 0.25) is 0 Å². The summed E-state index contributed by atoms with van der Waals surface area (Å²) in [7, 11) is 3.48. The van der Waals surface area contributed by atoms with Gasteiger partial charge in [0.05, 0.1) is 14.2 Å². The molecule has 0 aliphatic rings. The Bertz CT molecular complexity index is 507. The summed E-state index contributed by atoms with van der Waals surface area (Å²) in [5.74, 6) is 1.84. The first-order valence-corrected chi connectivity index (χ1v) is 12.2. The molecular weight excluding hydrogens is 356 g/mol. The Balaban J connectivity index is 2.02. The number of allylic oxidation sites excluding steroid dienone is 1. The van der Waals surface area contributed by atoms with Crippen molar-refractivity contribution in [3.05, 3.63) is 41.7 Å². The Kier molecular flexibility index (Phi) is 16.4. The highest BCUT2D eigenvalue weighted by atomic mass is 16.5. The van der Waals surface area contributed by atoms with Gasteiger partial charge in [-0.1, -0.05) is 127 Å². The molecule has 0 radical (unpaired) electrons. The zero-order chi connectivity index (χ0) is 21.0. The summed E-state index contributed by atoms with van der Waals surface area (Å²) in [6.45, 7) is 2.29. The van der Waals surface area contributed by atoms with Crippen molar-refractivity contribution < 1.29 is 9.47 Å². The molecule has 0 amide bonds. The molecule has 0 aliphatic carbocycles. The summed E-state index contributed by atoms with van der Waals surface area (Å²) >= 11 is 0. The fourth-order valence-corrected chi connectivity index (χ4v) is 3.95. The molecule has 0 saturated carbocycles. The Morgan fingerprint density at radius 2 is 1.03 bits per heavy atom. The predicted molar refractivity (Wildman–Crippen MR) is 127 cm³/mol. The SMILES string of the molecule is CCCCCCCCCCCCCCCCC/C(OC)=C(\OC)c1ccccc1. The van der Waals surface area contributed by atoms with Crippen LogP contribution in [0.5, 0.6) is 0 Å². The highest BCUT2D eigenvalue weighted by molar-refractivity contribution is 5.61. The van der Waals surface area contributed by atoms with E-state index in [1.54, 1.807) is 14.2 Å². The first-order valence-electron chi connectivity index (χ1n) is 12.2. The van der Waals surface area contributed by atoms with Gasteiger partial charge in [-0.25, -0.2) is 0 Å². The van der Waals surface area contributed by atoms with E-state index in [2.05, 4.69) is 19.1 Å². The molecule has 0 saturated heterocycles. The van der Waals surface area contributed by atoms with Gasteiger partial charge in [0.15, 0.2) is 5.76 Å². The second kappa shape index (κ2) is 18.6. The van der Waals surface area contributed by atoms with Gasteiger partial charge in [-0.05, 0) is 6.42 Å². The molecule has 0 atom stereocenters. The third-order valence-corrected chi connectivity index (χ3v) is 5.75. The van der Waals surface area contributed by atoms with Gasteiger partial charge < -0.3 is 9.47 Å². The Morgan fingerprint density at radius 1 is 0.586 bits per heavy atom. The van der Waals surface area contributed by atoms with E-state index in [0.29, 0.717) is 0 Å². The summed E-state index contributed by atoms with van der Waals surface area (Å²) in [5.41, 5.74) is 1.09. The van der Waals surface area contributed by atoms with Crippen molar-refractivity contribution in [2.24, 2.45) is 0 Å². The average molecular weight is 403 g/mol. The number of ether oxygens (including phenoxy) is 2. The molecule has 0 aliphatic heterocycles. The topological polar surface area (TPSA) is 18.5 Å². The lowest BCUT2D eigenvalue weighted by molar-refractivity contribution is 0.251. The normalized spacial score (nSPS) is 12.0. The van der Waals surface area contributed by atoms with Crippen LogP contribution < -0.4 is 0 Å². The van der Waals surface area contributed by atoms with E-state index in [4.69, 9.17) is 9.47 Å². The molecule has 0 unspecified atom stereocenters.